The van der Waals surface area contributed by atoms with E-state index in [1.807, 2.05) is 0 Å². The van der Waals surface area contributed by atoms with E-state index in [0.29, 0.717) is 30.9 Å². The average molecular weight is 303 g/mol. The van der Waals surface area contributed by atoms with Crippen LogP contribution in [0.3, 0.4) is 0 Å². The molecule has 0 aromatic heterocycles. The van der Waals surface area contributed by atoms with Gasteiger partial charge in [0, 0.05) is 31.7 Å². The summed E-state index contributed by atoms with van der Waals surface area (Å²) < 4.78 is 26.4. The Labute approximate surface area is 123 Å². The van der Waals surface area contributed by atoms with Crippen molar-refractivity contribution in [3.63, 3.8) is 0 Å². The van der Waals surface area contributed by atoms with Gasteiger partial charge in [0.2, 0.25) is 10.0 Å². The molecule has 0 radical (unpaired) electrons. The third-order valence-electron chi connectivity index (χ3n) is 4.33. The first-order valence-corrected chi connectivity index (χ1v) is 9.55. The van der Waals surface area contributed by atoms with Crippen LogP contribution in [0.25, 0.3) is 0 Å². The number of nitrogens with zero attached hydrogens (tertiary/aromatic N) is 2. The lowest BCUT2D eigenvalue weighted by atomic mass is 10.2. The molecule has 2 saturated heterocycles. The van der Waals surface area contributed by atoms with E-state index in [1.54, 1.807) is 4.31 Å². The zero-order valence-electron chi connectivity index (χ0n) is 12.8. The molecule has 1 atom stereocenters. The van der Waals surface area contributed by atoms with Crippen molar-refractivity contribution in [2.45, 2.75) is 51.6 Å². The van der Waals surface area contributed by atoms with E-state index in [1.165, 1.54) is 6.42 Å². The Bertz CT molecular complexity index is 397. The molecule has 1 N–H and O–H groups in total. The van der Waals surface area contributed by atoms with Crippen molar-refractivity contribution in [2.24, 2.45) is 0 Å². The van der Waals surface area contributed by atoms with E-state index >= 15 is 0 Å². The molecule has 0 aliphatic carbocycles. The van der Waals surface area contributed by atoms with Crippen molar-refractivity contribution in [2.75, 3.05) is 38.5 Å². The lowest BCUT2D eigenvalue weighted by Gasteiger charge is -2.36. The highest BCUT2D eigenvalue weighted by molar-refractivity contribution is 7.89. The number of sulfonamides is 1. The van der Waals surface area contributed by atoms with Crippen LogP contribution in [0.4, 0.5) is 0 Å². The molecule has 0 spiro atoms. The van der Waals surface area contributed by atoms with Crippen LogP contribution in [0.5, 0.6) is 0 Å². The molecule has 0 aromatic rings. The van der Waals surface area contributed by atoms with Crippen LogP contribution in [-0.2, 0) is 10.0 Å². The quantitative estimate of drug-likeness (QED) is 0.709. The van der Waals surface area contributed by atoms with E-state index in [4.69, 9.17) is 0 Å². The zero-order valence-corrected chi connectivity index (χ0v) is 13.7. The molecule has 2 heterocycles. The topological polar surface area (TPSA) is 52.7 Å². The molecule has 0 aromatic carbocycles. The molecule has 2 rings (SSSR count). The van der Waals surface area contributed by atoms with Crippen LogP contribution >= 0.6 is 0 Å². The third-order valence-corrected chi connectivity index (χ3v) is 6.25. The maximum Gasteiger partial charge on any atom is 0.214 e. The van der Waals surface area contributed by atoms with Crippen molar-refractivity contribution in [3.05, 3.63) is 0 Å². The van der Waals surface area contributed by atoms with Crippen molar-refractivity contribution < 1.29 is 8.42 Å². The predicted molar refractivity (Wildman–Crippen MR) is 82.3 cm³/mol. The smallest absolute Gasteiger partial charge is 0.214 e. The second-order valence-electron chi connectivity index (χ2n) is 6.32. The van der Waals surface area contributed by atoms with Gasteiger partial charge in [0.05, 0.1) is 5.75 Å². The first-order chi connectivity index (χ1) is 9.49. The number of rotatable bonds is 7. The molecule has 2 aliphatic rings. The van der Waals surface area contributed by atoms with Crippen molar-refractivity contribution in [1.82, 2.24) is 14.5 Å². The largest absolute Gasteiger partial charge is 0.315 e. The first-order valence-electron chi connectivity index (χ1n) is 7.94. The summed E-state index contributed by atoms with van der Waals surface area (Å²) in [4.78, 5) is 2.44. The number of fused-ring (bicyclic) bond motifs is 1. The van der Waals surface area contributed by atoms with Gasteiger partial charge in [-0.25, -0.2) is 8.42 Å². The Morgan fingerprint density at radius 2 is 2.00 bits per heavy atom. The van der Waals surface area contributed by atoms with E-state index in [0.717, 1.165) is 38.9 Å². The van der Waals surface area contributed by atoms with Gasteiger partial charge >= 0.3 is 0 Å². The fourth-order valence-electron chi connectivity index (χ4n) is 3.14. The minimum Gasteiger partial charge on any atom is -0.315 e. The number of unbranched alkanes of at least 4 members (excludes halogenated alkanes) is 1. The standard InChI is InChI=1S/C14H29N3O2S/c1-13(2)15-7-3-4-11-20(18,19)17-10-9-16-8-5-6-14(16)12-17/h13-15H,3-12H2,1-2H3. The highest BCUT2D eigenvalue weighted by atomic mass is 32.2. The molecule has 1 unspecified atom stereocenters. The molecule has 0 saturated carbocycles. The van der Waals surface area contributed by atoms with Gasteiger partial charge in [-0.2, -0.15) is 4.31 Å². The summed E-state index contributed by atoms with van der Waals surface area (Å²) in [7, 11) is -3.04. The van der Waals surface area contributed by atoms with Gasteiger partial charge in [-0.15, -0.1) is 0 Å². The molecule has 6 heteroatoms. The SMILES string of the molecule is CC(C)NCCCCS(=O)(=O)N1CCN2CCCC2C1. The highest BCUT2D eigenvalue weighted by Gasteiger charge is 2.35. The first kappa shape index (κ1) is 16.2. The van der Waals surface area contributed by atoms with Gasteiger partial charge in [-0.1, -0.05) is 13.8 Å². The van der Waals surface area contributed by atoms with Gasteiger partial charge in [0.25, 0.3) is 0 Å². The highest BCUT2D eigenvalue weighted by Crippen LogP contribution is 2.23. The Morgan fingerprint density at radius 3 is 2.75 bits per heavy atom. The van der Waals surface area contributed by atoms with E-state index in [2.05, 4.69) is 24.1 Å². The maximum atomic E-state index is 12.4. The molecule has 0 amide bonds. The fraction of sp³-hybridized carbons (Fsp3) is 1.00. The Hall–Kier alpha value is -0.170. The van der Waals surface area contributed by atoms with Crippen LogP contribution in [0, 0.1) is 0 Å². The summed E-state index contributed by atoms with van der Waals surface area (Å²) >= 11 is 0. The molecular weight excluding hydrogens is 274 g/mol. The molecule has 2 fully saturated rings. The van der Waals surface area contributed by atoms with Crippen molar-refractivity contribution in [1.29, 1.82) is 0 Å². The number of hydrogen-bond acceptors (Lipinski definition) is 4. The monoisotopic (exact) mass is 303 g/mol. The Balaban J connectivity index is 1.73. The summed E-state index contributed by atoms with van der Waals surface area (Å²) in [5, 5.41) is 3.33. The molecular formula is C14H29N3O2S. The summed E-state index contributed by atoms with van der Waals surface area (Å²) in [6.45, 7) is 8.59. The average Bonchev–Trinajstić information content (AvgIpc) is 2.85. The number of hydrogen-bond donors (Lipinski definition) is 1. The van der Waals surface area contributed by atoms with Crippen LogP contribution in [0.15, 0.2) is 0 Å². The lowest BCUT2D eigenvalue weighted by molar-refractivity contribution is 0.158. The molecule has 2 aliphatic heterocycles. The lowest BCUT2D eigenvalue weighted by Crippen LogP contribution is -2.52. The van der Waals surface area contributed by atoms with Gasteiger partial charge in [-0.3, -0.25) is 4.90 Å². The fourth-order valence-corrected chi connectivity index (χ4v) is 4.73. The third kappa shape index (κ3) is 4.41. The van der Waals surface area contributed by atoms with Crippen molar-refractivity contribution in [3.8, 4) is 0 Å². The molecule has 20 heavy (non-hydrogen) atoms. The maximum absolute atomic E-state index is 12.4. The Kier molecular flexibility index (Phi) is 5.84. The van der Waals surface area contributed by atoms with Gasteiger partial charge in [0.1, 0.15) is 0 Å². The summed E-state index contributed by atoms with van der Waals surface area (Å²) in [5.74, 6) is 0.305. The minimum atomic E-state index is -3.04. The Morgan fingerprint density at radius 1 is 1.20 bits per heavy atom. The minimum absolute atomic E-state index is 0.305. The zero-order chi connectivity index (χ0) is 14.6. The normalized spacial score (nSPS) is 25.2. The predicted octanol–water partition coefficient (Wildman–Crippen LogP) is 0.874. The molecule has 5 nitrogen and oxygen atoms in total. The molecule has 118 valence electrons. The van der Waals surface area contributed by atoms with Crippen molar-refractivity contribution >= 4 is 10.0 Å². The summed E-state index contributed by atoms with van der Waals surface area (Å²) in [6, 6.07) is 0.947. The van der Waals surface area contributed by atoms with Crippen LogP contribution in [0.1, 0.15) is 39.5 Å². The summed E-state index contributed by atoms with van der Waals surface area (Å²) in [6.07, 6.45) is 4.07. The van der Waals surface area contributed by atoms with E-state index in [9.17, 15) is 8.42 Å². The van der Waals surface area contributed by atoms with E-state index in [-0.39, 0.29) is 0 Å². The van der Waals surface area contributed by atoms with Gasteiger partial charge in [-0.05, 0) is 38.8 Å². The van der Waals surface area contributed by atoms with Gasteiger partial charge < -0.3 is 5.32 Å². The van der Waals surface area contributed by atoms with Gasteiger partial charge in [0.15, 0.2) is 0 Å². The van der Waals surface area contributed by atoms with E-state index < -0.39 is 10.0 Å². The summed E-state index contributed by atoms with van der Waals surface area (Å²) in [5.41, 5.74) is 0. The second-order valence-corrected chi connectivity index (χ2v) is 8.41. The molecule has 0 bridgehead atoms. The van der Waals surface area contributed by atoms with Crippen LogP contribution in [0.2, 0.25) is 0 Å². The number of nitrogens with one attached hydrogen (secondary N) is 1. The number of piperazine rings is 1. The van der Waals surface area contributed by atoms with Crippen LogP contribution in [-0.4, -0.2) is 68.2 Å². The van der Waals surface area contributed by atoms with Crippen LogP contribution < -0.4 is 5.32 Å². The second kappa shape index (κ2) is 7.20.